The van der Waals surface area contributed by atoms with Crippen LogP contribution in [-0.4, -0.2) is 33.9 Å². The molecular formula is C16H16N6O2S2. The summed E-state index contributed by atoms with van der Waals surface area (Å²) < 4.78 is 10.3. The number of anilines is 2. The van der Waals surface area contributed by atoms with Crippen molar-refractivity contribution in [3.63, 3.8) is 0 Å². The van der Waals surface area contributed by atoms with Crippen molar-refractivity contribution in [2.45, 2.75) is 12.6 Å². The molecule has 0 aliphatic carbocycles. The Morgan fingerprint density at radius 3 is 2.42 bits per heavy atom. The van der Waals surface area contributed by atoms with Gasteiger partial charge in [0.25, 0.3) is 0 Å². The zero-order valence-corrected chi connectivity index (χ0v) is 15.5. The van der Waals surface area contributed by atoms with Crippen LogP contribution in [0.3, 0.4) is 0 Å². The van der Waals surface area contributed by atoms with E-state index >= 15 is 0 Å². The van der Waals surface area contributed by atoms with Gasteiger partial charge in [-0.2, -0.15) is 0 Å². The van der Waals surface area contributed by atoms with Gasteiger partial charge >= 0.3 is 0 Å². The van der Waals surface area contributed by atoms with Crippen molar-refractivity contribution in [1.29, 1.82) is 0 Å². The molecule has 0 saturated carbocycles. The maximum absolute atomic E-state index is 5.58. The van der Waals surface area contributed by atoms with Crippen molar-refractivity contribution in [3.8, 4) is 0 Å². The number of fused-ring (bicyclic) bond motifs is 1. The van der Waals surface area contributed by atoms with Gasteiger partial charge in [-0.1, -0.05) is 12.1 Å². The number of hydrogen-bond donors (Lipinski definition) is 2. The van der Waals surface area contributed by atoms with E-state index in [1.54, 1.807) is 29.8 Å². The minimum absolute atomic E-state index is 0.0759. The molecule has 4 rings (SSSR count). The predicted octanol–water partition coefficient (Wildman–Crippen LogP) is 3.55. The molecule has 10 heteroatoms. The number of thiophene rings is 2. The van der Waals surface area contributed by atoms with Crippen molar-refractivity contribution in [2.75, 3.05) is 24.3 Å². The van der Waals surface area contributed by atoms with Crippen molar-refractivity contribution < 1.29 is 9.37 Å². The molecule has 4 heterocycles. The van der Waals surface area contributed by atoms with E-state index in [4.69, 9.17) is 9.37 Å². The Balaban J connectivity index is 1.54. The molecule has 0 aromatic carbocycles. The Kier molecular flexibility index (Phi) is 5.04. The van der Waals surface area contributed by atoms with E-state index in [1.807, 2.05) is 29.0 Å². The molecule has 1 atom stereocenters. The first-order valence-corrected chi connectivity index (χ1v) is 9.66. The molecule has 0 spiro atoms. The molecule has 4 aromatic rings. The SMILES string of the molecule is CO[C@@H](CNc1nc2nonc2nc1NCc1cccs1)c1cccs1. The zero-order valence-electron chi connectivity index (χ0n) is 13.9. The second-order valence-electron chi connectivity index (χ2n) is 5.39. The van der Waals surface area contributed by atoms with Crippen LogP contribution < -0.4 is 10.6 Å². The highest BCUT2D eigenvalue weighted by Crippen LogP contribution is 2.25. The van der Waals surface area contributed by atoms with E-state index in [9.17, 15) is 0 Å². The molecule has 0 aliphatic heterocycles. The topological polar surface area (TPSA) is 98.0 Å². The zero-order chi connectivity index (χ0) is 17.8. The minimum atomic E-state index is -0.0759. The van der Waals surface area contributed by atoms with E-state index in [2.05, 4.69) is 37.0 Å². The van der Waals surface area contributed by atoms with Gasteiger partial charge in [-0.05, 0) is 33.2 Å². The summed E-state index contributed by atoms with van der Waals surface area (Å²) in [5.41, 5.74) is 0.727. The molecule has 134 valence electrons. The highest BCUT2D eigenvalue weighted by Gasteiger charge is 2.16. The monoisotopic (exact) mass is 388 g/mol. The third-order valence-corrected chi connectivity index (χ3v) is 5.57. The van der Waals surface area contributed by atoms with E-state index in [-0.39, 0.29) is 6.10 Å². The molecule has 0 radical (unpaired) electrons. The lowest BCUT2D eigenvalue weighted by Gasteiger charge is -2.16. The molecule has 26 heavy (non-hydrogen) atoms. The second-order valence-corrected chi connectivity index (χ2v) is 7.40. The van der Waals surface area contributed by atoms with Crippen molar-refractivity contribution in [2.24, 2.45) is 0 Å². The number of ether oxygens (including phenoxy) is 1. The van der Waals surface area contributed by atoms with Gasteiger partial charge in [0.2, 0.25) is 11.3 Å². The van der Waals surface area contributed by atoms with Gasteiger partial charge in [0, 0.05) is 23.4 Å². The standard InChI is InChI=1S/C16H16N6O2S2/c1-23-11(12-5-3-7-26-12)9-18-14-13(17-8-10-4-2-6-25-10)19-15-16(20-14)22-24-21-15/h2-7,11H,8-9H2,1H3,(H,17,19,21)(H,18,20,22)/t11-/m0/s1. The summed E-state index contributed by atoms with van der Waals surface area (Å²) in [4.78, 5) is 11.3. The summed E-state index contributed by atoms with van der Waals surface area (Å²) in [5, 5.41) is 18.2. The normalized spacial score (nSPS) is 12.3. The average molecular weight is 388 g/mol. The molecule has 0 aliphatic rings. The van der Waals surface area contributed by atoms with Crippen LogP contribution in [0.15, 0.2) is 39.7 Å². The molecule has 0 fully saturated rings. The Morgan fingerprint density at radius 2 is 1.77 bits per heavy atom. The first kappa shape index (κ1) is 16.9. The molecule has 0 saturated heterocycles. The third kappa shape index (κ3) is 3.66. The molecule has 4 aromatic heterocycles. The lowest BCUT2D eigenvalue weighted by atomic mass is 10.3. The Morgan fingerprint density at radius 1 is 1.04 bits per heavy atom. The van der Waals surface area contributed by atoms with Gasteiger partial charge in [0.05, 0.1) is 6.54 Å². The summed E-state index contributed by atoms with van der Waals surface area (Å²) in [5.74, 6) is 1.19. The minimum Gasteiger partial charge on any atom is -0.374 e. The Labute approximate surface area is 157 Å². The van der Waals surface area contributed by atoms with Crippen LogP contribution in [-0.2, 0) is 11.3 Å². The number of nitrogens with zero attached hydrogens (tertiary/aromatic N) is 4. The maximum Gasteiger partial charge on any atom is 0.245 e. The molecule has 0 unspecified atom stereocenters. The number of methoxy groups -OCH3 is 1. The average Bonchev–Trinajstić information content (AvgIpc) is 3.41. The Bertz CT molecular complexity index is 955. The van der Waals surface area contributed by atoms with Crippen molar-refractivity contribution in [3.05, 3.63) is 44.8 Å². The van der Waals surface area contributed by atoms with Gasteiger partial charge in [-0.15, -0.1) is 22.7 Å². The van der Waals surface area contributed by atoms with E-state index in [0.29, 0.717) is 36.0 Å². The van der Waals surface area contributed by atoms with E-state index in [1.165, 1.54) is 4.88 Å². The van der Waals surface area contributed by atoms with Gasteiger partial charge in [0.15, 0.2) is 11.6 Å². The number of nitrogens with one attached hydrogen (secondary N) is 2. The van der Waals surface area contributed by atoms with Gasteiger partial charge in [0.1, 0.15) is 6.10 Å². The largest absolute Gasteiger partial charge is 0.374 e. The van der Waals surface area contributed by atoms with Gasteiger partial charge in [-0.25, -0.2) is 14.6 Å². The number of hydrogen-bond acceptors (Lipinski definition) is 10. The fourth-order valence-corrected chi connectivity index (χ4v) is 3.88. The quantitative estimate of drug-likeness (QED) is 0.473. The second kappa shape index (κ2) is 7.77. The molecular weight excluding hydrogens is 372 g/mol. The Hall–Kier alpha value is -2.56. The van der Waals surface area contributed by atoms with E-state index < -0.39 is 0 Å². The molecule has 0 amide bonds. The molecule has 0 bridgehead atoms. The lowest BCUT2D eigenvalue weighted by molar-refractivity contribution is 0.117. The molecule has 2 N–H and O–H groups in total. The number of rotatable bonds is 8. The smallest absolute Gasteiger partial charge is 0.245 e. The summed E-state index contributed by atoms with van der Waals surface area (Å²) in [6.45, 7) is 1.20. The van der Waals surface area contributed by atoms with Crippen LogP contribution in [0.4, 0.5) is 11.6 Å². The summed E-state index contributed by atoms with van der Waals surface area (Å²) >= 11 is 3.33. The predicted molar refractivity (Wildman–Crippen MR) is 102 cm³/mol. The summed E-state index contributed by atoms with van der Waals surface area (Å²) in [6, 6.07) is 8.13. The van der Waals surface area contributed by atoms with Crippen LogP contribution in [0.2, 0.25) is 0 Å². The first-order valence-electron chi connectivity index (χ1n) is 7.90. The molecule has 8 nitrogen and oxygen atoms in total. The van der Waals surface area contributed by atoms with Crippen molar-refractivity contribution in [1.82, 2.24) is 20.3 Å². The van der Waals surface area contributed by atoms with Crippen LogP contribution >= 0.6 is 22.7 Å². The summed E-state index contributed by atoms with van der Waals surface area (Å²) in [6.07, 6.45) is -0.0759. The number of aromatic nitrogens is 4. The van der Waals surface area contributed by atoms with Gasteiger partial charge < -0.3 is 15.4 Å². The fraction of sp³-hybridized carbons (Fsp3) is 0.250. The highest BCUT2D eigenvalue weighted by atomic mass is 32.1. The summed E-state index contributed by atoms with van der Waals surface area (Å²) in [7, 11) is 1.69. The van der Waals surface area contributed by atoms with E-state index in [0.717, 1.165) is 4.88 Å². The van der Waals surface area contributed by atoms with Crippen LogP contribution in [0, 0.1) is 0 Å². The third-order valence-electron chi connectivity index (χ3n) is 3.72. The van der Waals surface area contributed by atoms with Gasteiger partial charge in [-0.3, -0.25) is 0 Å². The first-order chi connectivity index (χ1) is 12.8. The van der Waals surface area contributed by atoms with Crippen LogP contribution in [0.5, 0.6) is 0 Å². The van der Waals surface area contributed by atoms with Crippen LogP contribution in [0.1, 0.15) is 15.9 Å². The lowest BCUT2D eigenvalue weighted by Crippen LogP contribution is -2.16. The maximum atomic E-state index is 5.58. The van der Waals surface area contributed by atoms with Crippen molar-refractivity contribution >= 4 is 45.6 Å². The van der Waals surface area contributed by atoms with Crippen LogP contribution in [0.25, 0.3) is 11.3 Å². The fourth-order valence-electron chi connectivity index (χ4n) is 2.43. The highest BCUT2D eigenvalue weighted by molar-refractivity contribution is 7.10.